The molecule has 202 valence electrons. The number of benzene rings is 3. The van der Waals surface area contributed by atoms with Crippen molar-refractivity contribution < 1.29 is 14.3 Å². The van der Waals surface area contributed by atoms with Gasteiger partial charge in [-0.3, -0.25) is 9.69 Å². The normalized spacial score (nSPS) is 10.7. The van der Waals surface area contributed by atoms with Crippen molar-refractivity contribution in [3.63, 3.8) is 0 Å². The van der Waals surface area contributed by atoms with Gasteiger partial charge in [0.25, 0.3) is 0 Å². The molecule has 3 aromatic carbocycles. The molecular weight excluding hydrogens is 492 g/mol. The van der Waals surface area contributed by atoms with Gasteiger partial charge in [0.1, 0.15) is 0 Å². The SMILES string of the molecule is CCCCCCCN(C(=O)NCCc1ccccc1)c1cccc(Sc2cccc(CC(=O)OCC)c2)c1. The van der Waals surface area contributed by atoms with Crippen LogP contribution in [0.1, 0.15) is 57.1 Å². The van der Waals surface area contributed by atoms with Gasteiger partial charge < -0.3 is 10.1 Å². The first-order chi connectivity index (χ1) is 18.6. The van der Waals surface area contributed by atoms with Gasteiger partial charge in [0.15, 0.2) is 0 Å². The van der Waals surface area contributed by atoms with E-state index < -0.39 is 0 Å². The van der Waals surface area contributed by atoms with E-state index in [1.807, 2.05) is 66.4 Å². The van der Waals surface area contributed by atoms with E-state index in [4.69, 9.17) is 4.74 Å². The number of ether oxygens (including phenoxy) is 1. The third-order valence-electron chi connectivity index (χ3n) is 6.18. The largest absolute Gasteiger partial charge is 0.466 e. The number of hydrogen-bond donors (Lipinski definition) is 1. The van der Waals surface area contributed by atoms with Crippen LogP contribution in [0.25, 0.3) is 0 Å². The molecule has 0 fully saturated rings. The molecule has 0 unspecified atom stereocenters. The summed E-state index contributed by atoms with van der Waals surface area (Å²) in [4.78, 5) is 29.1. The van der Waals surface area contributed by atoms with Gasteiger partial charge in [-0.25, -0.2) is 4.79 Å². The fourth-order valence-corrected chi connectivity index (χ4v) is 5.18. The molecule has 0 saturated carbocycles. The third kappa shape index (κ3) is 10.3. The average molecular weight is 533 g/mol. The van der Waals surface area contributed by atoms with E-state index in [-0.39, 0.29) is 18.4 Å². The minimum Gasteiger partial charge on any atom is -0.466 e. The molecule has 0 aliphatic carbocycles. The summed E-state index contributed by atoms with van der Waals surface area (Å²) in [6, 6.07) is 26.3. The van der Waals surface area contributed by atoms with Gasteiger partial charge in [0.2, 0.25) is 0 Å². The Labute approximate surface area is 232 Å². The number of esters is 1. The number of carbonyl (C=O) groups excluding carboxylic acids is 2. The summed E-state index contributed by atoms with van der Waals surface area (Å²) in [5.74, 6) is -0.218. The minimum absolute atomic E-state index is 0.0602. The Morgan fingerprint density at radius 3 is 2.29 bits per heavy atom. The molecule has 0 aromatic heterocycles. The molecule has 0 bridgehead atoms. The molecule has 0 aliphatic heterocycles. The zero-order valence-corrected chi connectivity index (χ0v) is 23.5. The molecule has 0 radical (unpaired) electrons. The molecule has 3 aromatic rings. The van der Waals surface area contributed by atoms with E-state index >= 15 is 0 Å². The van der Waals surface area contributed by atoms with Crippen molar-refractivity contribution >= 4 is 29.4 Å². The zero-order valence-electron chi connectivity index (χ0n) is 22.7. The number of anilines is 1. The average Bonchev–Trinajstić information content (AvgIpc) is 2.92. The summed E-state index contributed by atoms with van der Waals surface area (Å²) >= 11 is 1.63. The molecule has 1 N–H and O–H groups in total. The molecule has 38 heavy (non-hydrogen) atoms. The van der Waals surface area contributed by atoms with Crippen molar-refractivity contribution in [2.45, 2.75) is 68.6 Å². The molecule has 5 nitrogen and oxygen atoms in total. The van der Waals surface area contributed by atoms with Crippen LogP contribution in [0.15, 0.2) is 88.7 Å². The van der Waals surface area contributed by atoms with E-state index in [2.05, 4.69) is 36.5 Å². The molecule has 2 amide bonds. The van der Waals surface area contributed by atoms with E-state index in [1.165, 1.54) is 24.8 Å². The van der Waals surface area contributed by atoms with Gasteiger partial charge in [-0.2, -0.15) is 0 Å². The van der Waals surface area contributed by atoms with Crippen molar-refractivity contribution in [3.8, 4) is 0 Å². The maximum atomic E-state index is 13.3. The van der Waals surface area contributed by atoms with Crippen LogP contribution in [0.2, 0.25) is 0 Å². The molecule has 6 heteroatoms. The molecule has 0 heterocycles. The summed E-state index contributed by atoms with van der Waals surface area (Å²) in [7, 11) is 0. The Morgan fingerprint density at radius 1 is 0.816 bits per heavy atom. The summed E-state index contributed by atoms with van der Waals surface area (Å²) in [6.45, 7) is 5.69. The van der Waals surface area contributed by atoms with Gasteiger partial charge in [0, 0.05) is 28.6 Å². The molecular formula is C32H40N2O3S. The van der Waals surface area contributed by atoms with Crippen molar-refractivity contribution in [1.82, 2.24) is 5.32 Å². The number of hydrogen-bond acceptors (Lipinski definition) is 4. The summed E-state index contributed by atoms with van der Waals surface area (Å²) in [6.07, 6.45) is 6.77. The van der Waals surface area contributed by atoms with Crippen LogP contribution in [-0.4, -0.2) is 31.7 Å². The number of unbranched alkanes of at least 4 members (excludes halogenated alkanes) is 4. The van der Waals surface area contributed by atoms with Crippen molar-refractivity contribution in [1.29, 1.82) is 0 Å². The molecule has 0 spiro atoms. The number of rotatable bonds is 15. The quantitative estimate of drug-likeness (QED) is 0.161. The van der Waals surface area contributed by atoms with Gasteiger partial charge in [-0.05, 0) is 61.2 Å². The van der Waals surface area contributed by atoms with Crippen LogP contribution >= 0.6 is 11.8 Å². The Morgan fingerprint density at radius 2 is 1.53 bits per heavy atom. The Hall–Kier alpha value is -3.25. The van der Waals surface area contributed by atoms with Gasteiger partial charge in [0.05, 0.1) is 13.0 Å². The summed E-state index contributed by atoms with van der Waals surface area (Å²) < 4.78 is 5.09. The standard InChI is InChI=1S/C32H40N2O3S/c1-3-5-6-7-11-22-34(32(36)33-21-20-26-14-9-8-10-15-26)28-17-13-19-30(25-28)38-29-18-12-16-27(23-29)24-31(35)37-4-2/h8-10,12-19,23,25H,3-7,11,20-22,24H2,1-2H3,(H,33,36). The highest BCUT2D eigenvalue weighted by Gasteiger charge is 2.16. The fraction of sp³-hybridized carbons (Fsp3) is 0.375. The minimum atomic E-state index is -0.218. The second kappa shape index (κ2) is 16.6. The highest BCUT2D eigenvalue weighted by molar-refractivity contribution is 7.99. The van der Waals surface area contributed by atoms with Gasteiger partial charge >= 0.3 is 12.0 Å². The Bertz CT molecular complexity index is 1140. The first-order valence-corrected chi connectivity index (χ1v) is 14.5. The monoisotopic (exact) mass is 532 g/mol. The second-order valence-corrected chi connectivity index (χ2v) is 10.4. The lowest BCUT2D eigenvalue weighted by molar-refractivity contribution is -0.142. The lowest BCUT2D eigenvalue weighted by Crippen LogP contribution is -2.41. The predicted molar refractivity (Wildman–Crippen MR) is 157 cm³/mol. The van der Waals surface area contributed by atoms with E-state index in [0.717, 1.165) is 40.3 Å². The third-order valence-corrected chi connectivity index (χ3v) is 7.16. The van der Waals surface area contributed by atoms with Crippen LogP contribution in [0.4, 0.5) is 10.5 Å². The van der Waals surface area contributed by atoms with Crippen LogP contribution < -0.4 is 10.2 Å². The van der Waals surface area contributed by atoms with Gasteiger partial charge in [-0.15, -0.1) is 0 Å². The van der Waals surface area contributed by atoms with Crippen molar-refractivity contribution in [3.05, 3.63) is 90.0 Å². The topological polar surface area (TPSA) is 58.6 Å². The highest BCUT2D eigenvalue weighted by atomic mass is 32.2. The summed E-state index contributed by atoms with van der Waals surface area (Å²) in [5.41, 5.74) is 3.03. The maximum absolute atomic E-state index is 13.3. The molecule has 0 aliphatic rings. The molecule has 0 saturated heterocycles. The number of nitrogens with zero attached hydrogens (tertiary/aromatic N) is 1. The zero-order chi connectivity index (χ0) is 27.0. The number of carbonyl (C=O) groups is 2. The Balaban J connectivity index is 1.68. The second-order valence-electron chi connectivity index (χ2n) is 9.26. The van der Waals surface area contributed by atoms with Gasteiger partial charge in [-0.1, -0.05) is 92.9 Å². The lowest BCUT2D eigenvalue weighted by atomic mass is 10.1. The van der Waals surface area contributed by atoms with Crippen LogP contribution in [0.3, 0.4) is 0 Å². The van der Waals surface area contributed by atoms with Crippen LogP contribution in [0.5, 0.6) is 0 Å². The van der Waals surface area contributed by atoms with Crippen LogP contribution in [-0.2, 0) is 22.4 Å². The maximum Gasteiger partial charge on any atom is 0.321 e. The van der Waals surface area contributed by atoms with Crippen molar-refractivity contribution in [2.75, 3.05) is 24.6 Å². The van der Waals surface area contributed by atoms with Crippen molar-refractivity contribution in [2.24, 2.45) is 0 Å². The number of urea groups is 1. The number of amides is 2. The fourth-order valence-electron chi connectivity index (χ4n) is 4.22. The first-order valence-electron chi connectivity index (χ1n) is 13.7. The van der Waals surface area contributed by atoms with Crippen LogP contribution in [0, 0.1) is 0 Å². The molecule has 0 atom stereocenters. The van der Waals surface area contributed by atoms with E-state index in [1.54, 1.807) is 11.8 Å². The number of nitrogens with one attached hydrogen (secondary N) is 1. The van der Waals surface area contributed by atoms with E-state index in [9.17, 15) is 9.59 Å². The first kappa shape index (κ1) is 29.3. The summed E-state index contributed by atoms with van der Waals surface area (Å²) in [5, 5.41) is 3.12. The smallest absolute Gasteiger partial charge is 0.321 e. The lowest BCUT2D eigenvalue weighted by Gasteiger charge is -2.24. The Kier molecular flexibility index (Phi) is 12.8. The van der Waals surface area contributed by atoms with E-state index in [0.29, 0.717) is 19.7 Å². The molecule has 3 rings (SSSR count). The predicted octanol–water partition coefficient (Wildman–Crippen LogP) is 7.67. The highest BCUT2D eigenvalue weighted by Crippen LogP contribution is 2.31.